The minimum absolute atomic E-state index is 0.0609. The van der Waals surface area contributed by atoms with Gasteiger partial charge < -0.3 is 18.7 Å². The van der Waals surface area contributed by atoms with Crippen LogP contribution in [-0.2, 0) is 14.0 Å². The summed E-state index contributed by atoms with van der Waals surface area (Å²) in [4.78, 5) is 12.9. The minimum atomic E-state index is -2.26. The van der Waals surface area contributed by atoms with Crippen LogP contribution in [0.5, 0.6) is 5.75 Å². The molecule has 1 unspecified atom stereocenters. The van der Waals surface area contributed by atoms with Gasteiger partial charge in [0.1, 0.15) is 11.4 Å². The summed E-state index contributed by atoms with van der Waals surface area (Å²) < 4.78 is 23.4. The maximum atomic E-state index is 12.9. The van der Waals surface area contributed by atoms with Crippen molar-refractivity contribution in [3.05, 3.63) is 24.3 Å². The number of rotatable bonds is 5. The van der Waals surface area contributed by atoms with E-state index in [-0.39, 0.29) is 11.3 Å². The van der Waals surface area contributed by atoms with Gasteiger partial charge in [-0.1, -0.05) is 20.8 Å². The third-order valence-corrected chi connectivity index (χ3v) is 9.41. The zero-order valence-electron chi connectivity index (χ0n) is 19.2. The lowest BCUT2D eigenvalue weighted by Gasteiger charge is -2.39. The Morgan fingerprint density at radius 3 is 2.17 bits per heavy atom. The highest BCUT2D eigenvalue weighted by Crippen LogP contribution is 2.38. The number of hydrogen-bond acceptors (Lipinski definition) is 5. The summed E-state index contributed by atoms with van der Waals surface area (Å²) in [5.74, 6) is 0.706. The highest BCUT2D eigenvalue weighted by Gasteiger charge is 2.42. The van der Waals surface area contributed by atoms with E-state index in [0.29, 0.717) is 11.4 Å². The number of carbonyl (C=O) groups excluding carboxylic acids is 1. The zero-order valence-corrected chi connectivity index (χ0v) is 20.2. The molecular weight excluding hydrogens is 386 g/mol. The van der Waals surface area contributed by atoms with Gasteiger partial charge in [0.15, 0.2) is 6.29 Å². The van der Waals surface area contributed by atoms with Gasteiger partial charge in [-0.2, -0.15) is 5.06 Å². The molecular formula is C22H37NO5Si. The van der Waals surface area contributed by atoms with Crippen LogP contribution in [0.15, 0.2) is 24.3 Å². The van der Waals surface area contributed by atoms with Crippen molar-refractivity contribution in [2.75, 3.05) is 11.7 Å². The number of hydrogen-bond donors (Lipinski definition) is 0. The van der Waals surface area contributed by atoms with E-state index in [1.807, 2.05) is 45.0 Å². The lowest BCUT2D eigenvalue weighted by molar-refractivity contribution is -0.105. The van der Waals surface area contributed by atoms with Crippen molar-refractivity contribution in [2.45, 2.75) is 90.8 Å². The molecule has 0 saturated carbocycles. The molecule has 0 aliphatic carbocycles. The van der Waals surface area contributed by atoms with Gasteiger partial charge >= 0.3 is 6.09 Å². The van der Waals surface area contributed by atoms with Gasteiger partial charge in [0, 0.05) is 6.42 Å². The van der Waals surface area contributed by atoms with E-state index in [9.17, 15) is 4.79 Å². The maximum absolute atomic E-state index is 12.9. The Morgan fingerprint density at radius 2 is 1.69 bits per heavy atom. The molecule has 6 nitrogen and oxygen atoms in total. The van der Waals surface area contributed by atoms with Crippen molar-refractivity contribution in [2.24, 2.45) is 0 Å². The molecule has 7 heteroatoms. The summed E-state index contributed by atoms with van der Waals surface area (Å²) in [5.41, 5.74) is -0.00554. The molecule has 1 aliphatic rings. The molecule has 1 aliphatic heterocycles. The third kappa shape index (κ3) is 7.01. The number of carbonyl (C=O) groups is 1. The molecule has 1 aromatic rings. The lowest BCUT2D eigenvalue weighted by atomic mass is 10.2. The summed E-state index contributed by atoms with van der Waals surface area (Å²) in [6, 6.07) is 7.30. The second-order valence-electron chi connectivity index (χ2n) is 10.0. The monoisotopic (exact) mass is 423 g/mol. The molecule has 0 spiro atoms. The van der Waals surface area contributed by atoms with Gasteiger partial charge in [0.05, 0.1) is 12.3 Å². The number of anilines is 1. The first kappa shape index (κ1) is 23.7. The molecule has 164 valence electrons. The number of nitrogens with zero attached hydrogens (tertiary/aromatic N) is 1. The first-order valence-corrected chi connectivity index (χ1v) is 13.3. The average molecular weight is 424 g/mol. The average Bonchev–Trinajstić information content (AvgIpc) is 2.59. The van der Waals surface area contributed by atoms with Crippen molar-refractivity contribution in [3.8, 4) is 5.75 Å². The first-order chi connectivity index (χ1) is 13.3. The molecule has 1 fully saturated rings. The molecule has 0 aromatic heterocycles. The number of amides is 1. The number of benzene rings is 1. The Bertz CT molecular complexity index is 670. The Hall–Kier alpha value is -1.57. The molecule has 1 aromatic carbocycles. The van der Waals surface area contributed by atoms with Crippen LogP contribution in [0, 0.1) is 0 Å². The minimum Gasteiger partial charge on any atom is -0.465 e. The van der Waals surface area contributed by atoms with Gasteiger partial charge in [0.25, 0.3) is 0 Å². The van der Waals surface area contributed by atoms with Crippen molar-refractivity contribution in [3.63, 3.8) is 0 Å². The van der Waals surface area contributed by atoms with Crippen LogP contribution in [0.2, 0.25) is 18.1 Å². The lowest BCUT2D eigenvalue weighted by Crippen LogP contribution is -2.50. The van der Waals surface area contributed by atoms with Crippen LogP contribution in [0.25, 0.3) is 0 Å². The fraction of sp³-hybridized carbons (Fsp3) is 0.682. The van der Waals surface area contributed by atoms with Gasteiger partial charge in [0.2, 0.25) is 8.32 Å². The Kier molecular flexibility index (Phi) is 7.41. The third-order valence-electron chi connectivity index (χ3n) is 5.16. The van der Waals surface area contributed by atoms with E-state index in [2.05, 4.69) is 33.9 Å². The largest absolute Gasteiger partial charge is 0.465 e. The maximum Gasteiger partial charge on any atom is 0.438 e. The summed E-state index contributed by atoms with van der Waals surface area (Å²) in [7, 11) is -2.26. The van der Waals surface area contributed by atoms with E-state index in [1.54, 1.807) is 0 Å². The standard InChI is InChI=1S/C22H37NO5Si/c1-21(2,3)27-20(24)23(28-29(7,8)22(4,5)6)17-12-14-18(15-13-17)26-19-11-9-10-16-25-19/h12-15,19H,9-11,16H2,1-8H3. The molecule has 1 saturated heterocycles. The Labute approximate surface area is 176 Å². The van der Waals surface area contributed by atoms with Crippen molar-refractivity contribution in [1.82, 2.24) is 0 Å². The Balaban J connectivity index is 2.21. The molecule has 2 rings (SSSR count). The van der Waals surface area contributed by atoms with E-state index in [4.69, 9.17) is 18.7 Å². The van der Waals surface area contributed by atoms with Crippen LogP contribution >= 0.6 is 0 Å². The Morgan fingerprint density at radius 1 is 1.07 bits per heavy atom. The molecule has 0 N–H and O–H groups in total. The van der Waals surface area contributed by atoms with Gasteiger partial charge in [-0.25, -0.2) is 4.79 Å². The predicted molar refractivity (Wildman–Crippen MR) is 118 cm³/mol. The second kappa shape index (κ2) is 9.06. The van der Waals surface area contributed by atoms with Gasteiger partial charge in [-0.3, -0.25) is 0 Å². The highest BCUT2D eigenvalue weighted by molar-refractivity contribution is 6.74. The summed E-state index contributed by atoms with van der Waals surface area (Å²) in [6.45, 7) is 16.9. The van der Waals surface area contributed by atoms with Crippen LogP contribution in [0.1, 0.15) is 60.8 Å². The summed E-state index contributed by atoms with van der Waals surface area (Å²) in [5, 5.41) is 1.23. The van der Waals surface area contributed by atoms with Crippen molar-refractivity contribution >= 4 is 20.1 Å². The van der Waals surface area contributed by atoms with Crippen molar-refractivity contribution in [1.29, 1.82) is 0 Å². The quantitative estimate of drug-likeness (QED) is 0.412. The fourth-order valence-corrected chi connectivity index (χ4v) is 3.39. The van der Waals surface area contributed by atoms with Gasteiger partial charge in [-0.15, -0.1) is 0 Å². The van der Waals surface area contributed by atoms with E-state index in [0.717, 1.165) is 25.9 Å². The highest BCUT2D eigenvalue weighted by atomic mass is 28.4. The SMILES string of the molecule is CC(C)(C)OC(=O)N(O[Si](C)(C)C(C)(C)C)c1ccc(OC2CCCCO2)cc1. The zero-order chi connectivity index (χ0) is 21.9. The van der Waals surface area contributed by atoms with Crippen LogP contribution in [0.3, 0.4) is 0 Å². The number of ether oxygens (including phenoxy) is 3. The molecule has 0 bridgehead atoms. The second-order valence-corrected chi connectivity index (χ2v) is 14.7. The van der Waals surface area contributed by atoms with Crippen LogP contribution < -0.4 is 9.80 Å². The first-order valence-electron chi connectivity index (χ1n) is 10.4. The molecule has 1 heterocycles. The van der Waals surface area contributed by atoms with Crippen LogP contribution in [-0.4, -0.2) is 32.9 Å². The molecule has 1 atom stereocenters. The number of hydroxylamine groups is 1. The topological polar surface area (TPSA) is 57.2 Å². The van der Waals surface area contributed by atoms with Crippen LogP contribution in [0.4, 0.5) is 10.5 Å². The summed E-state index contributed by atoms with van der Waals surface area (Å²) in [6.07, 6.45) is 2.34. The van der Waals surface area contributed by atoms with E-state index >= 15 is 0 Å². The van der Waals surface area contributed by atoms with Gasteiger partial charge in [-0.05, 0) is 76.0 Å². The predicted octanol–water partition coefficient (Wildman–Crippen LogP) is 6.27. The molecule has 1 amide bonds. The smallest absolute Gasteiger partial charge is 0.438 e. The normalized spacial score (nSPS) is 18.3. The van der Waals surface area contributed by atoms with E-state index < -0.39 is 20.0 Å². The summed E-state index contributed by atoms with van der Waals surface area (Å²) >= 11 is 0. The molecule has 0 radical (unpaired) electrons. The molecule has 29 heavy (non-hydrogen) atoms. The van der Waals surface area contributed by atoms with E-state index in [1.165, 1.54) is 5.06 Å². The van der Waals surface area contributed by atoms with Crippen molar-refractivity contribution < 1.29 is 23.5 Å². The fourth-order valence-electron chi connectivity index (χ4n) is 2.48.